The first kappa shape index (κ1) is 18.8. The van der Waals surface area contributed by atoms with E-state index in [0.717, 1.165) is 33.9 Å². The molecule has 0 saturated carbocycles. The Morgan fingerprint density at radius 1 is 1.10 bits per heavy atom. The minimum Gasteiger partial charge on any atom is -0.298 e. The molecule has 144 valence electrons. The van der Waals surface area contributed by atoms with Gasteiger partial charge in [-0.05, 0) is 18.1 Å². The van der Waals surface area contributed by atoms with Gasteiger partial charge >= 0.3 is 0 Å². The summed E-state index contributed by atoms with van der Waals surface area (Å²) < 4.78 is 1.97. The van der Waals surface area contributed by atoms with Crippen LogP contribution in [0, 0.1) is 0 Å². The molecule has 0 aliphatic heterocycles. The first-order valence-electron chi connectivity index (χ1n) is 9.36. The van der Waals surface area contributed by atoms with Crippen molar-refractivity contribution in [2.24, 2.45) is 0 Å². The van der Waals surface area contributed by atoms with E-state index in [0.29, 0.717) is 5.13 Å². The van der Waals surface area contributed by atoms with E-state index < -0.39 is 0 Å². The number of nitrogens with zero attached hydrogens (tertiary/aromatic N) is 3. The van der Waals surface area contributed by atoms with Crippen molar-refractivity contribution in [2.75, 3.05) is 5.32 Å². The number of rotatable bonds is 6. The molecule has 0 aliphatic carbocycles. The second-order valence-corrected chi connectivity index (χ2v) is 7.38. The Morgan fingerprint density at radius 2 is 1.83 bits per heavy atom. The van der Waals surface area contributed by atoms with Gasteiger partial charge in [-0.1, -0.05) is 78.9 Å². The number of nitrogens with one attached hydrogen (secondary N) is 1. The van der Waals surface area contributed by atoms with E-state index in [1.54, 1.807) is 12.4 Å². The van der Waals surface area contributed by atoms with Gasteiger partial charge in [-0.3, -0.25) is 14.7 Å². The van der Waals surface area contributed by atoms with Crippen LogP contribution in [0.1, 0.15) is 18.2 Å². The van der Waals surface area contributed by atoms with Gasteiger partial charge in [-0.2, -0.15) is 0 Å². The Balaban J connectivity index is 1.62. The van der Waals surface area contributed by atoms with Gasteiger partial charge in [-0.15, -0.1) is 0 Å². The zero-order valence-corrected chi connectivity index (χ0v) is 16.8. The van der Waals surface area contributed by atoms with Gasteiger partial charge in [0.2, 0.25) is 5.91 Å². The maximum atomic E-state index is 12.4. The minimum absolute atomic E-state index is 0.214. The van der Waals surface area contributed by atoms with Gasteiger partial charge in [0.25, 0.3) is 0 Å². The summed E-state index contributed by atoms with van der Waals surface area (Å²) >= 11 is 1.43. The predicted molar refractivity (Wildman–Crippen MR) is 118 cm³/mol. The van der Waals surface area contributed by atoms with Crippen LogP contribution in [0.3, 0.4) is 0 Å². The molecule has 5 nitrogen and oxygen atoms in total. The second-order valence-electron chi connectivity index (χ2n) is 6.40. The number of carbonyl (C=O) groups excluding carboxylic acids is 1. The number of aryl methyl sites for hydroxylation is 1. The number of carbonyl (C=O) groups is 1. The number of aromatic nitrogens is 3. The van der Waals surface area contributed by atoms with E-state index in [-0.39, 0.29) is 5.91 Å². The van der Waals surface area contributed by atoms with E-state index >= 15 is 0 Å². The molecule has 0 saturated heterocycles. The molecular formula is C23H20N4OS. The van der Waals surface area contributed by atoms with E-state index in [2.05, 4.69) is 17.2 Å². The summed E-state index contributed by atoms with van der Waals surface area (Å²) in [5, 5.41) is 4.35. The summed E-state index contributed by atoms with van der Waals surface area (Å²) in [5.41, 5.74) is 3.79. The molecule has 0 fully saturated rings. The molecule has 4 rings (SSSR count). The third-order valence-corrected chi connectivity index (χ3v) is 5.33. The van der Waals surface area contributed by atoms with Crippen molar-refractivity contribution in [2.45, 2.75) is 13.3 Å². The summed E-state index contributed by atoms with van der Waals surface area (Å²) in [4.78, 5) is 21.5. The molecule has 0 radical (unpaired) electrons. The Bertz CT molecular complexity index is 1130. The van der Waals surface area contributed by atoms with Crippen LogP contribution in [-0.2, 0) is 11.2 Å². The normalized spacial score (nSPS) is 11.1. The zero-order chi connectivity index (χ0) is 20.1. The average Bonchev–Trinajstić information content (AvgIpc) is 3.40. The van der Waals surface area contributed by atoms with Crippen molar-refractivity contribution in [3.05, 3.63) is 90.5 Å². The molecule has 0 spiro atoms. The third-order valence-electron chi connectivity index (χ3n) is 4.35. The van der Waals surface area contributed by atoms with E-state index in [1.807, 2.05) is 71.4 Å². The number of imidazole rings is 1. The molecular weight excluding hydrogens is 380 g/mol. The maximum Gasteiger partial charge on any atom is 0.250 e. The summed E-state index contributed by atoms with van der Waals surface area (Å²) in [7, 11) is 0. The lowest BCUT2D eigenvalue weighted by molar-refractivity contribution is -0.111. The summed E-state index contributed by atoms with van der Waals surface area (Å²) in [6, 6.07) is 19.7. The zero-order valence-electron chi connectivity index (χ0n) is 15.9. The number of thiazole rings is 1. The number of hydrogen-bond acceptors (Lipinski definition) is 4. The van der Waals surface area contributed by atoms with Crippen LogP contribution in [0.15, 0.2) is 79.3 Å². The monoisotopic (exact) mass is 400 g/mol. The van der Waals surface area contributed by atoms with Crippen molar-refractivity contribution in [1.29, 1.82) is 0 Å². The third kappa shape index (κ3) is 4.50. The molecule has 0 atom stereocenters. The summed E-state index contributed by atoms with van der Waals surface area (Å²) in [6.07, 6.45) is 7.96. The van der Waals surface area contributed by atoms with Crippen molar-refractivity contribution in [3.63, 3.8) is 0 Å². The number of anilines is 1. The first-order valence-corrected chi connectivity index (χ1v) is 10.2. The quantitative estimate of drug-likeness (QED) is 0.452. The molecule has 0 unspecified atom stereocenters. The fourth-order valence-corrected chi connectivity index (χ4v) is 3.80. The summed E-state index contributed by atoms with van der Waals surface area (Å²) in [6.45, 7) is 2.07. The highest BCUT2D eigenvalue weighted by molar-refractivity contribution is 7.18. The highest BCUT2D eigenvalue weighted by Gasteiger charge is 2.16. The predicted octanol–water partition coefficient (Wildman–Crippen LogP) is 5.21. The molecule has 6 heteroatoms. The van der Waals surface area contributed by atoms with Crippen LogP contribution >= 0.6 is 11.3 Å². The number of benzene rings is 2. The Hall–Kier alpha value is -3.51. The van der Waals surface area contributed by atoms with Gasteiger partial charge < -0.3 is 0 Å². The highest BCUT2D eigenvalue weighted by Crippen LogP contribution is 2.34. The SMILES string of the molecule is CCc1cn(-c2sc(NC(=O)C=Cc3ccccc3)nc2-c2ccccc2)cn1. The average molecular weight is 401 g/mol. The molecule has 0 aliphatic rings. The van der Waals surface area contributed by atoms with Crippen LogP contribution in [0.4, 0.5) is 5.13 Å². The van der Waals surface area contributed by atoms with E-state index in [9.17, 15) is 4.79 Å². The lowest BCUT2D eigenvalue weighted by atomic mass is 10.2. The van der Waals surface area contributed by atoms with Gasteiger partial charge in [0.15, 0.2) is 5.13 Å². The molecule has 1 N–H and O–H groups in total. The van der Waals surface area contributed by atoms with E-state index in [4.69, 9.17) is 4.98 Å². The first-order chi connectivity index (χ1) is 14.2. The largest absolute Gasteiger partial charge is 0.298 e. The molecule has 1 amide bonds. The van der Waals surface area contributed by atoms with E-state index in [1.165, 1.54) is 17.4 Å². The van der Waals surface area contributed by atoms with Crippen LogP contribution in [-0.4, -0.2) is 20.4 Å². The highest BCUT2D eigenvalue weighted by atomic mass is 32.1. The van der Waals surface area contributed by atoms with Crippen molar-refractivity contribution in [1.82, 2.24) is 14.5 Å². The number of hydrogen-bond donors (Lipinski definition) is 1. The van der Waals surface area contributed by atoms with Crippen molar-refractivity contribution >= 4 is 28.5 Å². The van der Waals surface area contributed by atoms with Gasteiger partial charge in [0, 0.05) is 17.8 Å². The number of amides is 1. The van der Waals surface area contributed by atoms with Crippen molar-refractivity contribution < 1.29 is 4.79 Å². The van der Waals surface area contributed by atoms with Crippen LogP contribution in [0.2, 0.25) is 0 Å². The van der Waals surface area contributed by atoms with Gasteiger partial charge in [-0.25, -0.2) is 9.97 Å². The van der Waals surface area contributed by atoms with Crippen molar-refractivity contribution in [3.8, 4) is 16.3 Å². The van der Waals surface area contributed by atoms with Gasteiger partial charge in [0.1, 0.15) is 17.0 Å². The Morgan fingerprint density at radius 3 is 2.52 bits per heavy atom. The Kier molecular flexibility index (Phi) is 5.63. The lowest BCUT2D eigenvalue weighted by Crippen LogP contribution is -2.07. The van der Waals surface area contributed by atoms with Gasteiger partial charge in [0.05, 0.1) is 5.69 Å². The molecule has 29 heavy (non-hydrogen) atoms. The smallest absolute Gasteiger partial charge is 0.250 e. The fourth-order valence-electron chi connectivity index (χ4n) is 2.86. The molecule has 4 aromatic rings. The maximum absolute atomic E-state index is 12.4. The molecule has 2 aromatic heterocycles. The summed E-state index contributed by atoms with van der Waals surface area (Å²) in [5.74, 6) is -0.214. The molecule has 0 bridgehead atoms. The Labute approximate surface area is 173 Å². The van der Waals surface area contributed by atoms with Crippen LogP contribution in [0.25, 0.3) is 22.3 Å². The molecule has 2 heterocycles. The second kappa shape index (κ2) is 8.67. The lowest BCUT2D eigenvalue weighted by Gasteiger charge is -2.02. The topological polar surface area (TPSA) is 59.8 Å². The van der Waals surface area contributed by atoms with Crippen LogP contribution in [0.5, 0.6) is 0 Å². The minimum atomic E-state index is -0.214. The fraction of sp³-hybridized carbons (Fsp3) is 0.0870. The standard InChI is InChI=1S/C23H20N4OS/c1-2-19-15-27(16-24-19)22-21(18-11-7-4-8-12-18)26-23(29-22)25-20(28)14-13-17-9-5-3-6-10-17/h3-16H,2H2,1H3,(H,25,26,28). The van der Waals surface area contributed by atoms with Crippen LogP contribution < -0.4 is 5.32 Å². The molecule has 2 aromatic carbocycles.